The number of phenols is 1. The highest BCUT2D eigenvalue weighted by Crippen LogP contribution is 2.53. The molecule has 10 heteroatoms. The number of rotatable bonds is 4. The summed E-state index contributed by atoms with van der Waals surface area (Å²) in [5, 5.41) is 44.6. The SMILES string of the molecule is CN(C)[C@@H]1C(=O)C(C(N)=O)=C(O)[C@]2(O)C(=O)C3=C(O)c4c(O)ccc(CN5CCCCC5)c4C[C@@H]3C[C@H]12. The summed E-state index contributed by atoms with van der Waals surface area (Å²) >= 11 is 0. The van der Waals surface area contributed by atoms with Crippen molar-refractivity contribution in [2.24, 2.45) is 17.6 Å². The fraction of sp³-hybridized carbons (Fsp3) is 0.519. The van der Waals surface area contributed by atoms with Crippen LogP contribution in [0.5, 0.6) is 5.75 Å². The zero-order valence-electron chi connectivity index (χ0n) is 21.0. The van der Waals surface area contributed by atoms with E-state index in [1.165, 1.54) is 17.4 Å². The van der Waals surface area contributed by atoms with E-state index in [-0.39, 0.29) is 23.3 Å². The van der Waals surface area contributed by atoms with E-state index in [0.717, 1.165) is 37.1 Å². The van der Waals surface area contributed by atoms with E-state index in [1.54, 1.807) is 14.1 Å². The van der Waals surface area contributed by atoms with Gasteiger partial charge in [-0.2, -0.15) is 0 Å². The number of hydrogen-bond acceptors (Lipinski definition) is 9. The van der Waals surface area contributed by atoms with Crippen molar-refractivity contribution < 1.29 is 34.8 Å². The highest BCUT2D eigenvalue weighted by Gasteiger charge is 2.64. The number of aromatic hydroxyl groups is 1. The normalized spacial score (nSPS) is 30.3. The molecule has 1 saturated carbocycles. The second kappa shape index (κ2) is 8.97. The van der Waals surface area contributed by atoms with E-state index in [1.807, 2.05) is 6.07 Å². The van der Waals surface area contributed by atoms with Gasteiger partial charge in [-0.1, -0.05) is 12.5 Å². The Morgan fingerprint density at radius 3 is 2.43 bits per heavy atom. The van der Waals surface area contributed by atoms with E-state index >= 15 is 0 Å². The Morgan fingerprint density at radius 2 is 1.81 bits per heavy atom. The number of phenolic OH excluding ortho intramolecular Hbond substituents is 1. The number of likely N-dealkylation sites (N-methyl/N-ethyl adjacent to an activating group) is 1. The maximum atomic E-state index is 13.9. The third kappa shape index (κ3) is 3.69. The van der Waals surface area contributed by atoms with Crippen LogP contribution in [0.1, 0.15) is 42.4 Å². The molecule has 3 aliphatic carbocycles. The molecule has 0 bridgehead atoms. The van der Waals surface area contributed by atoms with Gasteiger partial charge < -0.3 is 26.2 Å². The molecule has 1 aromatic carbocycles. The zero-order chi connectivity index (χ0) is 26.8. The number of primary amides is 1. The van der Waals surface area contributed by atoms with Crippen LogP contribution >= 0.6 is 0 Å². The summed E-state index contributed by atoms with van der Waals surface area (Å²) < 4.78 is 0. The number of carbonyl (C=O) groups is 3. The Hall–Kier alpha value is -3.21. The minimum atomic E-state index is -2.62. The van der Waals surface area contributed by atoms with Gasteiger partial charge in [0.25, 0.3) is 5.91 Å². The number of carbonyl (C=O) groups excluding carboxylic acids is 3. The van der Waals surface area contributed by atoms with E-state index in [9.17, 15) is 34.8 Å². The number of aliphatic hydroxyl groups excluding tert-OH is 2. The number of piperidine rings is 1. The third-order valence-corrected chi connectivity index (χ3v) is 8.54. The summed E-state index contributed by atoms with van der Waals surface area (Å²) in [6.07, 6.45) is 3.81. The van der Waals surface area contributed by atoms with Crippen LogP contribution in [-0.4, -0.2) is 86.5 Å². The molecule has 1 saturated heterocycles. The molecule has 0 spiro atoms. The Kier molecular flexibility index (Phi) is 6.17. The number of amides is 1. The van der Waals surface area contributed by atoms with Gasteiger partial charge in [-0.25, -0.2) is 0 Å². The van der Waals surface area contributed by atoms with Gasteiger partial charge in [0, 0.05) is 18.0 Å². The minimum Gasteiger partial charge on any atom is -0.508 e. The smallest absolute Gasteiger partial charge is 0.255 e. The van der Waals surface area contributed by atoms with Crippen LogP contribution in [0.15, 0.2) is 29.0 Å². The lowest BCUT2D eigenvalue weighted by Gasteiger charge is -2.50. The average Bonchev–Trinajstić information content (AvgIpc) is 2.83. The number of nitrogens with two attached hydrogens (primary N) is 1. The van der Waals surface area contributed by atoms with Crippen LogP contribution < -0.4 is 5.73 Å². The summed E-state index contributed by atoms with van der Waals surface area (Å²) in [4.78, 5) is 42.9. The minimum absolute atomic E-state index is 0.0879. The Labute approximate surface area is 214 Å². The second-order valence-electron chi connectivity index (χ2n) is 10.9. The van der Waals surface area contributed by atoms with Crippen molar-refractivity contribution in [1.29, 1.82) is 0 Å². The second-order valence-corrected chi connectivity index (χ2v) is 10.9. The molecule has 0 aromatic heterocycles. The monoisotopic (exact) mass is 511 g/mol. The number of likely N-dealkylation sites (tertiary alicyclic amines) is 1. The van der Waals surface area contributed by atoms with E-state index in [4.69, 9.17) is 5.73 Å². The van der Waals surface area contributed by atoms with Crippen LogP contribution in [0, 0.1) is 11.8 Å². The molecular weight excluding hydrogens is 478 g/mol. The van der Waals surface area contributed by atoms with Gasteiger partial charge in [-0.3, -0.25) is 24.2 Å². The largest absolute Gasteiger partial charge is 0.508 e. The van der Waals surface area contributed by atoms with Gasteiger partial charge in [-0.05, 0) is 76.0 Å². The molecule has 1 heterocycles. The first-order valence-corrected chi connectivity index (χ1v) is 12.7. The number of hydrogen-bond donors (Lipinski definition) is 5. The standard InChI is InChI=1S/C27H33N3O7/c1-29(2)21-16-11-14-10-15-13(12-30-8-4-3-5-9-30)6-7-17(31)19(15)22(32)18(14)24(34)27(16,37)25(35)20(23(21)33)26(28)36/h6-7,14,16,21,31-32,35,37H,3-5,8-12H2,1-2H3,(H2,28,36)/t14-,16-,21+,27-/m1/s1. The van der Waals surface area contributed by atoms with E-state index in [2.05, 4.69) is 4.90 Å². The molecule has 1 aliphatic heterocycles. The number of Topliss-reactive ketones (excluding diaryl/α,β-unsaturated/α-hetero) is 2. The number of nitrogens with zero attached hydrogens (tertiary/aromatic N) is 2. The van der Waals surface area contributed by atoms with Gasteiger partial charge in [0.15, 0.2) is 11.4 Å². The predicted octanol–water partition coefficient (Wildman–Crippen LogP) is 0.950. The Bertz CT molecular complexity index is 1260. The van der Waals surface area contributed by atoms with Gasteiger partial charge >= 0.3 is 0 Å². The molecule has 1 aromatic rings. The zero-order valence-corrected chi connectivity index (χ0v) is 21.0. The lowest BCUT2D eigenvalue weighted by atomic mass is 9.57. The number of ketones is 2. The molecule has 37 heavy (non-hydrogen) atoms. The van der Waals surface area contributed by atoms with Crippen molar-refractivity contribution in [3.05, 3.63) is 45.7 Å². The van der Waals surface area contributed by atoms with Crippen LogP contribution in [-0.2, 0) is 27.3 Å². The van der Waals surface area contributed by atoms with Crippen molar-refractivity contribution in [1.82, 2.24) is 9.80 Å². The first-order chi connectivity index (χ1) is 17.5. The van der Waals surface area contributed by atoms with E-state index < -0.39 is 58.0 Å². The van der Waals surface area contributed by atoms with Crippen LogP contribution in [0.4, 0.5) is 0 Å². The molecule has 0 radical (unpaired) electrons. The van der Waals surface area contributed by atoms with E-state index in [0.29, 0.717) is 13.0 Å². The molecule has 6 N–H and O–H groups in total. The lowest BCUT2D eigenvalue weighted by Crippen LogP contribution is -2.65. The molecule has 198 valence electrons. The van der Waals surface area contributed by atoms with Gasteiger partial charge in [0.05, 0.1) is 11.6 Å². The first-order valence-electron chi connectivity index (χ1n) is 12.7. The summed E-state index contributed by atoms with van der Waals surface area (Å²) in [5.41, 5.74) is 3.61. The van der Waals surface area contributed by atoms with Gasteiger partial charge in [-0.15, -0.1) is 0 Å². The van der Waals surface area contributed by atoms with Crippen molar-refractivity contribution in [2.45, 2.75) is 50.3 Å². The highest BCUT2D eigenvalue weighted by atomic mass is 16.3. The van der Waals surface area contributed by atoms with Crippen molar-refractivity contribution in [3.63, 3.8) is 0 Å². The van der Waals surface area contributed by atoms with Crippen molar-refractivity contribution in [2.75, 3.05) is 27.2 Å². The van der Waals surface area contributed by atoms with Crippen molar-refractivity contribution in [3.8, 4) is 5.75 Å². The topological polar surface area (TPSA) is 165 Å². The molecule has 4 aliphatic rings. The summed E-state index contributed by atoms with van der Waals surface area (Å²) in [7, 11) is 3.17. The fourth-order valence-corrected chi connectivity index (χ4v) is 6.81. The maximum Gasteiger partial charge on any atom is 0.255 e. The van der Waals surface area contributed by atoms with Crippen LogP contribution in [0.2, 0.25) is 0 Å². The Balaban J connectivity index is 1.65. The summed E-state index contributed by atoms with van der Waals surface area (Å²) in [6.45, 7) is 2.56. The number of aliphatic hydroxyl groups is 3. The van der Waals surface area contributed by atoms with Gasteiger partial charge in [0.1, 0.15) is 22.8 Å². The quantitative estimate of drug-likeness (QED) is 0.370. The van der Waals surface area contributed by atoms with Crippen LogP contribution in [0.3, 0.4) is 0 Å². The van der Waals surface area contributed by atoms with Gasteiger partial charge in [0.2, 0.25) is 5.78 Å². The van der Waals surface area contributed by atoms with Crippen molar-refractivity contribution >= 4 is 23.2 Å². The predicted molar refractivity (Wildman–Crippen MR) is 133 cm³/mol. The summed E-state index contributed by atoms with van der Waals surface area (Å²) in [6, 6.07) is 2.24. The number of fused-ring (bicyclic) bond motifs is 3. The third-order valence-electron chi connectivity index (χ3n) is 8.54. The molecular formula is C27H33N3O7. The molecule has 2 fully saturated rings. The maximum absolute atomic E-state index is 13.9. The molecule has 0 unspecified atom stereocenters. The fourth-order valence-electron chi connectivity index (χ4n) is 6.81. The molecule has 4 atom stereocenters. The first kappa shape index (κ1) is 25.4. The highest BCUT2D eigenvalue weighted by molar-refractivity contribution is 6.24. The average molecular weight is 512 g/mol. The molecule has 5 rings (SSSR count). The molecule has 1 amide bonds. The number of benzene rings is 1. The van der Waals surface area contributed by atoms with Crippen LogP contribution in [0.25, 0.3) is 5.76 Å². The lowest BCUT2D eigenvalue weighted by molar-refractivity contribution is -0.153. The Morgan fingerprint density at radius 1 is 1.14 bits per heavy atom. The summed E-state index contributed by atoms with van der Waals surface area (Å²) in [5.74, 6) is -6.35. The molecule has 10 nitrogen and oxygen atoms in total.